The second kappa shape index (κ2) is 7.07. The zero-order valence-electron chi connectivity index (χ0n) is 12.5. The highest BCUT2D eigenvalue weighted by Gasteiger charge is 2.22. The summed E-state index contributed by atoms with van der Waals surface area (Å²) in [5.74, 6) is 0.631. The summed E-state index contributed by atoms with van der Waals surface area (Å²) in [5.41, 5.74) is 5.89. The van der Waals surface area contributed by atoms with E-state index in [1.165, 1.54) is 0 Å². The van der Waals surface area contributed by atoms with Gasteiger partial charge in [-0.1, -0.05) is 53.8 Å². The van der Waals surface area contributed by atoms with Gasteiger partial charge >= 0.3 is 0 Å². The van der Waals surface area contributed by atoms with E-state index in [0.29, 0.717) is 17.3 Å². The average Bonchev–Trinajstić information content (AvgIpc) is 2.09. The van der Waals surface area contributed by atoms with Crippen LogP contribution in [0, 0.1) is 17.3 Å². The molecule has 0 aliphatic heterocycles. The first kappa shape index (κ1) is 17.4. The second-order valence-corrected chi connectivity index (χ2v) is 7.24. The van der Waals surface area contributed by atoms with Gasteiger partial charge in [0.25, 0.3) is 0 Å². The van der Waals surface area contributed by atoms with E-state index in [9.17, 15) is 4.79 Å². The number of thiocarbonyl (C=S) groups is 1. The Morgan fingerprint density at radius 1 is 1.28 bits per heavy atom. The summed E-state index contributed by atoms with van der Waals surface area (Å²) in [7, 11) is 0. The fourth-order valence-electron chi connectivity index (χ4n) is 2.23. The molecule has 4 heteroatoms. The Morgan fingerprint density at radius 2 is 1.78 bits per heavy atom. The van der Waals surface area contributed by atoms with Crippen LogP contribution in [0.25, 0.3) is 0 Å². The topological polar surface area (TPSA) is 55.1 Å². The molecule has 0 fully saturated rings. The molecule has 3 nitrogen and oxygen atoms in total. The summed E-state index contributed by atoms with van der Waals surface area (Å²) >= 11 is 4.98. The molecule has 0 rings (SSSR count). The van der Waals surface area contributed by atoms with Gasteiger partial charge in [-0.25, -0.2) is 0 Å². The highest BCUT2D eigenvalue weighted by Crippen LogP contribution is 2.25. The Balaban J connectivity index is 4.29. The number of rotatable bonds is 6. The molecule has 0 saturated carbocycles. The van der Waals surface area contributed by atoms with Crippen molar-refractivity contribution in [2.45, 2.75) is 60.4 Å². The van der Waals surface area contributed by atoms with Crippen LogP contribution < -0.4 is 11.1 Å². The van der Waals surface area contributed by atoms with E-state index < -0.39 is 0 Å². The minimum Gasteiger partial charge on any atom is -0.392 e. The molecule has 0 aliphatic carbocycles. The molecule has 2 unspecified atom stereocenters. The van der Waals surface area contributed by atoms with Gasteiger partial charge in [0.15, 0.2) is 0 Å². The van der Waals surface area contributed by atoms with Crippen molar-refractivity contribution in [1.82, 2.24) is 5.32 Å². The van der Waals surface area contributed by atoms with E-state index in [0.717, 1.165) is 6.42 Å². The van der Waals surface area contributed by atoms with Crippen molar-refractivity contribution < 1.29 is 4.79 Å². The van der Waals surface area contributed by atoms with Crippen LogP contribution in [0.2, 0.25) is 0 Å². The number of carbonyl (C=O) groups is 1. The van der Waals surface area contributed by atoms with Crippen molar-refractivity contribution in [1.29, 1.82) is 0 Å². The van der Waals surface area contributed by atoms with Gasteiger partial charge in [-0.15, -0.1) is 0 Å². The lowest BCUT2D eigenvalue weighted by atomic mass is 9.84. The molecule has 2 atom stereocenters. The Kier molecular flexibility index (Phi) is 6.82. The molecule has 18 heavy (non-hydrogen) atoms. The van der Waals surface area contributed by atoms with Crippen molar-refractivity contribution >= 4 is 23.1 Å². The lowest BCUT2D eigenvalue weighted by molar-refractivity contribution is -0.122. The van der Waals surface area contributed by atoms with Crippen molar-refractivity contribution in [3.05, 3.63) is 0 Å². The largest absolute Gasteiger partial charge is 0.392 e. The highest BCUT2D eigenvalue weighted by atomic mass is 32.1. The number of amides is 1. The predicted octanol–water partition coefficient (Wildman–Crippen LogP) is 2.88. The molecule has 0 aromatic heterocycles. The molecule has 3 N–H and O–H groups in total. The van der Waals surface area contributed by atoms with Gasteiger partial charge in [0.1, 0.15) is 0 Å². The van der Waals surface area contributed by atoms with Gasteiger partial charge in [0.2, 0.25) is 5.91 Å². The summed E-state index contributed by atoms with van der Waals surface area (Å²) in [6.07, 6.45) is 1.56. The molecule has 0 heterocycles. The summed E-state index contributed by atoms with van der Waals surface area (Å²) in [4.78, 5) is 12.3. The summed E-state index contributed by atoms with van der Waals surface area (Å²) in [6, 6.07) is -0.200. The molecule has 0 aromatic rings. The zero-order chi connectivity index (χ0) is 14.5. The van der Waals surface area contributed by atoms with Crippen molar-refractivity contribution in [2.24, 2.45) is 23.0 Å². The first-order chi connectivity index (χ1) is 8.03. The van der Waals surface area contributed by atoms with Crippen LogP contribution in [0.15, 0.2) is 0 Å². The van der Waals surface area contributed by atoms with E-state index in [-0.39, 0.29) is 23.3 Å². The third-order valence-corrected chi connectivity index (χ3v) is 3.04. The number of hydrogen-bond acceptors (Lipinski definition) is 2. The molecule has 0 saturated heterocycles. The van der Waals surface area contributed by atoms with Crippen molar-refractivity contribution in [2.75, 3.05) is 0 Å². The highest BCUT2D eigenvalue weighted by molar-refractivity contribution is 7.80. The van der Waals surface area contributed by atoms with Gasteiger partial charge in [0.05, 0.1) is 11.0 Å². The van der Waals surface area contributed by atoms with Crippen LogP contribution in [0.1, 0.15) is 54.4 Å². The van der Waals surface area contributed by atoms with Gasteiger partial charge in [-0.2, -0.15) is 0 Å². The molecule has 106 valence electrons. The third kappa shape index (κ3) is 7.64. The normalized spacial score (nSPS) is 15.3. The molecular formula is C14H28N2OS. The number of nitrogens with one attached hydrogen (secondary N) is 1. The van der Waals surface area contributed by atoms with Crippen LogP contribution in [0.5, 0.6) is 0 Å². The van der Waals surface area contributed by atoms with Crippen LogP contribution >= 0.6 is 12.2 Å². The summed E-state index contributed by atoms with van der Waals surface area (Å²) < 4.78 is 0. The first-order valence-electron chi connectivity index (χ1n) is 6.61. The Labute approximate surface area is 117 Å². The van der Waals surface area contributed by atoms with Gasteiger partial charge in [0, 0.05) is 6.42 Å². The zero-order valence-corrected chi connectivity index (χ0v) is 13.4. The minimum absolute atomic E-state index is 0.0400. The van der Waals surface area contributed by atoms with Crippen LogP contribution in [-0.4, -0.2) is 16.9 Å². The Hall–Kier alpha value is -0.640. The minimum atomic E-state index is -0.200. The standard InChI is InChI=1S/C14H28N2OS/c1-9(2)12(13(15)18)16-11(17)7-10(3)8-14(4,5)6/h9-10,12H,7-8H2,1-6H3,(H2,15,18)(H,16,17). The SMILES string of the molecule is CC(CC(=O)NC(C(N)=S)C(C)C)CC(C)(C)C. The van der Waals surface area contributed by atoms with Crippen LogP contribution in [0.3, 0.4) is 0 Å². The van der Waals surface area contributed by atoms with E-state index in [2.05, 4.69) is 33.0 Å². The maximum Gasteiger partial charge on any atom is 0.220 e. The molecule has 0 spiro atoms. The average molecular weight is 272 g/mol. The Bertz CT molecular complexity index is 295. The third-order valence-electron chi connectivity index (χ3n) is 2.78. The van der Waals surface area contributed by atoms with Crippen LogP contribution in [-0.2, 0) is 4.79 Å². The smallest absolute Gasteiger partial charge is 0.220 e. The predicted molar refractivity (Wildman–Crippen MR) is 81.4 cm³/mol. The molecular weight excluding hydrogens is 244 g/mol. The summed E-state index contributed by atoms with van der Waals surface area (Å²) in [6.45, 7) is 12.7. The fourth-order valence-corrected chi connectivity index (χ4v) is 2.56. The summed E-state index contributed by atoms with van der Waals surface area (Å²) in [5, 5.41) is 2.93. The van der Waals surface area contributed by atoms with E-state index in [4.69, 9.17) is 18.0 Å². The molecule has 0 aliphatic rings. The van der Waals surface area contributed by atoms with Crippen molar-refractivity contribution in [3.8, 4) is 0 Å². The monoisotopic (exact) mass is 272 g/mol. The van der Waals surface area contributed by atoms with E-state index >= 15 is 0 Å². The first-order valence-corrected chi connectivity index (χ1v) is 7.02. The maximum absolute atomic E-state index is 11.9. The van der Waals surface area contributed by atoms with E-state index in [1.54, 1.807) is 0 Å². The molecule has 0 aromatic carbocycles. The molecule has 1 amide bonds. The number of carbonyl (C=O) groups excluding carboxylic acids is 1. The Morgan fingerprint density at radius 3 is 2.11 bits per heavy atom. The van der Waals surface area contributed by atoms with Gasteiger partial charge < -0.3 is 11.1 Å². The molecule has 0 radical (unpaired) electrons. The lowest BCUT2D eigenvalue weighted by Crippen LogP contribution is -2.47. The van der Waals surface area contributed by atoms with Gasteiger partial charge in [-0.05, 0) is 23.7 Å². The van der Waals surface area contributed by atoms with Gasteiger partial charge in [-0.3, -0.25) is 4.79 Å². The number of nitrogens with two attached hydrogens (primary N) is 1. The maximum atomic E-state index is 11.9. The van der Waals surface area contributed by atoms with E-state index in [1.807, 2.05) is 13.8 Å². The molecule has 0 bridgehead atoms. The number of hydrogen-bond donors (Lipinski definition) is 2. The van der Waals surface area contributed by atoms with Crippen LogP contribution in [0.4, 0.5) is 0 Å². The fraction of sp³-hybridized carbons (Fsp3) is 0.857. The lowest BCUT2D eigenvalue weighted by Gasteiger charge is -2.25. The second-order valence-electron chi connectivity index (χ2n) is 6.77. The quantitative estimate of drug-likeness (QED) is 0.731. The van der Waals surface area contributed by atoms with Crippen molar-refractivity contribution in [3.63, 3.8) is 0 Å².